The third-order valence-corrected chi connectivity index (χ3v) is 4.77. The summed E-state index contributed by atoms with van der Waals surface area (Å²) in [5.41, 5.74) is 4.13. The minimum Gasteiger partial charge on any atom is -0.449 e. The molecule has 0 bridgehead atoms. The second-order valence-electron chi connectivity index (χ2n) is 7.00. The maximum atomic E-state index is 12.4. The highest BCUT2D eigenvalue weighted by Gasteiger charge is 2.20. The number of amides is 1. The first-order valence-electron chi connectivity index (χ1n) is 9.46. The van der Waals surface area contributed by atoms with Crippen LogP contribution in [0.4, 0.5) is 11.4 Å². The van der Waals surface area contributed by atoms with Gasteiger partial charge in [-0.3, -0.25) is 4.79 Å². The van der Waals surface area contributed by atoms with Gasteiger partial charge in [0.25, 0.3) is 5.91 Å². The van der Waals surface area contributed by atoms with Crippen LogP contribution in [0.15, 0.2) is 42.5 Å². The second kappa shape index (κ2) is 8.89. The number of ether oxygens (including phenoxy) is 2. The molecule has 0 spiro atoms. The summed E-state index contributed by atoms with van der Waals surface area (Å²) in [5, 5.41) is 2.79. The molecule has 0 saturated carbocycles. The number of anilines is 2. The van der Waals surface area contributed by atoms with Gasteiger partial charge in [-0.05, 0) is 56.7 Å². The highest BCUT2D eigenvalue weighted by Crippen LogP contribution is 2.19. The van der Waals surface area contributed by atoms with E-state index in [1.165, 1.54) is 0 Å². The van der Waals surface area contributed by atoms with Gasteiger partial charge in [0.1, 0.15) is 0 Å². The van der Waals surface area contributed by atoms with E-state index in [0.717, 1.165) is 43.1 Å². The molecule has 1 amide bonds. The molecule has 0 aromatic heterocycles. The third kappa shape index (κ3) is 4.89. The van der Waals surface area contributed by atoms with Crippen molar-refractivity contribution in [1.82, 2.24) is 0 Å². The molecule has 1 heterocycles. The maximum Gasteiger partial charge on any atom is 0.339 e. The van der Waals surface area contributed by atoms with Gasteiger partial charge in [0.2, 0.25) is 0 Å². The number of nitrogens with zero attached hydrogens (tertiary/aromatic N) is 1. The molecule has 1 aliphatic heterocycles. The largest absolute Gasteiger partial charge is 0.449 e. The quantitative estimate of drug-likeness (QED) is 0.804. The van der Waals surface area contributed by atoms with Crippen LogP contribution >= 0.6 is 0 Å². The van der Waals surface area contributed by atoms with Crippen LogP contribution in [0.2, 0.25) is 0 Å². The van der Waals surface area contributed by atoms with Crippen molar-refractivity contribution in [2.45, 2.75) is 26.9 Å². The summed E-state index contributed by atoms with van der Waals surface area (Å²) >= 11 is 0. The summed E-state index contributed by atoms with van der Waals surface area (Å²) in [5.74, 6) is -0.861. The van der Waals surface area contributed by atoms with Crippen LogP contribution in [0.3, 0.4) is 0 Å². The maximum absolute atomic E-state index is 12.4. The number of benzene rings is 2. The lowest BCUT2D eigenvalue weighted by atomic mass is 10.1. The van der Waals surface area contributed by atoms with Crippen LogP contribution in [0.5, 0.6) is 0 Å². The Labute approximate surface area is 165 Å². The fourth-order valence-electron chi connectivity index (χ4n) is 3.14. The van der Waals surface area contributed by atoms with E-state index < -0.39 is 12.1 Å². The summed E-state index contributed by atoms with van der Waals surface area (Å²) in [6.45, 7) is 8.55. The van der Waals surface area contributed by atoms with Gasteiger partial charge in [-0.15, -0.1) is 0 Å². The molecular formula is C22H26N2O4. The number of hydrogen-bond donors (Lipinski definition) is 1. The molecule has 2 aromatic rings. The van der Waals surface area contributed by atoms with Crippen LogP contribution in [-0.4, -0.2) is 44.3 Å². The fourth-order valence-corrected chi connectivity index (χ4v) is 3.14. The second-order valence-corrected chi connectivity index (χ2v) is 7.00. The molecule has 0 unspecified atom stereocenters. The standard InChI is InChI=1S/C22H26N2O4/c1-15-4-9-20(16(2)14-15)22(26)28-17(3)21(25)23-18-5-7-19(8-6-18)24-10-12-27-13-11-24/h4-9,14,17H,10-13H2,1-3H3,(H,23,25)/t17-/m1/s1. The molecule has 148 valence electrons. The average molecular weight is 382 g/mol. The van der Waals surface area contributed by atoms with E-state index in [1.54, 1.807) is 13.0 Å². The van der Waals surface area contributed by atoms with Crippen molar-refractivity contribution in [3.8, 4) is 0 Å². The molecule has 1 N–H and O–H groups in total. The predicted molar refractivity (Wildman–Crippen MR) is 109 cm³/mol. The Hall–Kier alpha value is -2.86. The summed E-state index contributed by atoms with van der Waals surface area (Å²) in [6, 6.07) is 13.1. The first-order valence-corrected chi connectivity index (χ1v) is 9.46. The van der Waals surface area contributed by atoms with E-state index in [0.29, 0.717) is 11.3 Å². The normalized spacial score (nSPS) is 15.0. The molecule has 1 saturated heterocycles. The molecule has 6 heteroatoms. The van der Waals surface area contributed by atoms with Crippen molar-refractivity contribution in [2.75, 3.05) is 36.5 Å². The molecule has 1 fully saturated rings. The van der Waals surface area contributed by atoms with Crippen LogP contribution in [0.1, 0.15) is 28.4 Å². The van der Waals surface area contributed by atoms with E-state index in [9.17, 15) is 9.59 Å². The number of carbonyl (C=O) groups excluding carboxylic acids is 2. The van der Waals surface area contributed by atoms with Crippen LogP contribution in [0, 0.1) is 13.8 Å². The lowest BCUT2D eigenvalue weighted by molar-refractivity contribution is -0.123. The van der Waals surface area contributed by atoms with E-state index >= 15 is 0 Å². The van der Waals surface area contributed by atoms with E-state index in [1.807, 2.05) is 50.2 Å². The molecule has 3 rings (SSSR count). The van der Waals surface area contributed by atoms with Crippen molar-refractivity contribution < 1.29 is 19.1 Å². The van der Waals surface area contributed by atoms with Gasteiger partial charge in [-0.1, -0.05) is 17.7 Å². The lowest BCUT2D eigenvalue weighted by Gasteiger charge is -2.28. The number of esters is 1. The van der Waals surface area contributed by atoms with Gasteiger partial charge in [0.15, 0.2) is 6.10 Å². The number of rotatable bonds is 5. The molecular weight excluding hydrogens is 356 g/mol. The smallest absolute Gasteiger partial charge is 0.339 e. The zero-order valence-corrected chi connectivity index (χ0v) is 16.5. The van der Waals surface area contributed by atoms with Gasteiger partial charge in [-0.2, -0.15) is 0 Å². The van der Waals surface area contributed by atoms with Crippen LogP contribution in [0.25, 0.3) is 0 Å². The van der Waals surface area contributed by atoms with Gasteiger partial charge in [0.05, 0.1) is 18.8 Å². The minimum absolute atomic E-state index is 0.364. The van der Waals surface area contributed by atoms with Crippen molar-refractivity contribution in [3.05, 3.63) is 59.2 Å². The van der Waals surface area contributed by atoms with Gasteiger partial charge >= 0.3 is 5.97 Å². The molecule has 2 aromatic carbocycles. The Kier molecular flexibility index (Phi) is 6.31. The number of aryl methyl sites for hydroxylation is 2. The van der Waals surface area contributed by atoms with E-state index in [-0.39, 0.29) is 5.91 Å². The van der Waals surface area contributed by atoms with E-state index in [4.69, 9.17) is 9.47 Å². The molecule has 28 heavy (non-hydrogen) atoms. The molecule has 0 radical (unpaired) electrons. The molecule has 6 nitrogen and oxygen atoms in total. The van der Waals surface area contributed by atoms with Crippen molar-refractivity contribution in [1.29, 1.82) is 0 Å². The summed E-state index contributed by atoms with van der Waals surface area (Å²) in [7, 11) is 0. The fraction of sp³-hybridized carbons (Fsp3) is 0.364. The van der Waals surface area contributed by atoms with Crippen molar-refractivity contribution >= 4 is 23.3 Å². The Balaban J connectivity index is 1.56. The van der Waals surface area contributed by atoms with Gasteiger partial charge in [0, 0.05) is 24.5 Å². The molecule has 1 aliphatic rings. The van der Waals surface area contributed by atoms with Crippen molar-refractivity contribution in [2.24, 2.45) is 0 Å². The van der Waals surface area contributed by atoms with E-state index in [2.05, 4.69) is 10.2 Å². The Bertz CT molecular complexity index is 842. The Morgan fingerprint density at radius 3 is 2.39 bits per heavy atom. The number of hydrogen-bond acceptors (Lipinski definition) is 5. The van der Waals surface area contributed by atoms with Gasteiger partial charge in [-0.25, -0.2) is 4.79 Å². The monoisotopic (exact) mass is 382 g/mol. The summed E-state index contributed by atoms with van der Waals surface area (Å²) < 4.78 is 10.7. The highest BCUT2D eigenvalue weighted by molar-refractivity contribution is 5.97. The number of nitrogens with one attached hydrogen (secondary N) is 1. The predicted octanol–water partition coefficient (Wildman–Crippen LogP) is 3.32. The zero-order valence-electron chi connectivity index (χ0n) is 16.5. The molecule has 0 aliphatic carbocycles. The average Bonchev–Trinajstić information content (AvgIpc) is 2.69. The lowest BCUT2D eigenvalue weighted by Crippen LogP contribution is -2.36. The van der Waals surface area contributed by atoms with Crippen LogP contribution < -0.4 is 10.2 Å². The summed E-state index contributed by atoms with van der Waals surface area (Å²) in [4.78, 5) is 27.0. The Morgan fingerprint density at radius 1 is 1.07 bits per heavy atom. The minimum atomic E-state index is -0.896. The SMILES string of the molecule is Cc1ccc(C(=O)O[C@H](C)C(=O)Nc2ccc(N3CCOCC3)cc2)c(C)c1. The topological polar surface area (TPSA) is 67.9 Å². The highest BCUT2D eigenvalue weighted by atomic mass is 16.5. The number of morpholine rings is 1. The summed E-state index contributed by atoms with van der Waals surface area (Å²) in [6.07, 6.45) is -0.896. The Morgan fingerprint density at radius 2 is 1.75 bits per heavy atom. The van der Waals surface area contributed by atoms with Gasteiger partial charge < -0.3 is 19.7 Å². The zero-order chi connectivity index (χ0) is 20.1. The van der Waals surface area contributed by atoms with Crippen molar-refractivity contribution in [3.63, 3.8) is 0 Å². The van der Waals surface area contributed by atoms with Crippen LogP contribution in [-0.2, 0) is 14.3 Å². The molecule has 1 atom stereocenters. The number of carbonyl (C=O) groups is 2. The third-order valence-electron chi connectivity index (χ3n) is 4.77. The first-order chi connectivity index (χ1) is 13.4. The first kappa shape index (κ1) is 19.9.